The first kappa shape index (κ1) is 19.3. The summed E-state index contributed by atoms with van der Waals surface area (Å²) in [5.41, 5.74) is 0.331. The van der Waals surface area contributed by atoms with E-state index in [9.17, 15) is 14.0 Å². The first-order valence-electron chi connectivity index (χ1n) is 8.56. The number of ether oxygens (including phenoxy) is 1. The highest BCUT2D eigenvalue weighted by Crippen LogP contribution is 2.35. The van der Waals surface area contributed by atoms with E-state index >= 15 is 0 Å². The molecule has 0 saturated carbocycles. The van der Waals surface area contributed by atoms with Gasteiger partial charge in [0.05, 0.1) is 11.1 Å². The van der Waals surface area contributed by atoms with E-state index in [4.69, 9.17) is 21.4 Å². The Bertz CT molecular complexity index is 848. The van der Waals surface area contributed by atoms with Crippen molar-refractivity contribution in [1.82, 2.24) is 5.32 Å². The van der Waals surface area contributed by atoms with E-state index in [2.05, 4.69) is 5.32 Å². The lowest BCUT2D eigenvalue weighted by Crippen LogP contribution is -2.44. The smallest absolute Gasteiger partial charge is 0.335 e. The maximum absolute atomic E-state index is 14.1. The molecule has 0 spiro atoms. The predicted molar refractivity (Wildman–Crippen MR) is 98.9 cm³/mol. The van der Waals surface area contributed by atoms with Gasteiger partial charge in [0.2, 0.25) is 0 Å². The van der Waals surface area contributed by atoms with Crippen LogP contribution in [0.4, 0.5) is 4.39 Å². The SMILES string of the molecule is O=C(O)c1ccc(C(=O)NCC2(c3ccc(Cl)cc3)CCOCC2)c(F)c1. The van der Waals surface area contributed by atoms with Gasteiger partial charge in [0.15, 0.2) is 0 Å². The Kier molecular flexibility index (Phi) is 5.77. The summed E-state index contributed by atoms with van der Waals surface area (Å²) in [6.07, 6.45) is 1.44. The minimum absolute atomic E-state index is 0.182. The number of carbonyl (C=O) groups is 2. The van der Waals surface area contributed by atoms with Crippen LogP contribution in [-0.2, 0) is 10.2 Å². The van der Waals surface area contributed by atoms with Crippen LogP contribution >= 0.6 is 11.6 Å². The van der Waals surface area contributed by atoms with Gasteiger partial charge in [-0.25, -0.2) is 9.18 Å². The van der Waals surface area contributed by atoms with Crippen molar-refractivity contribution >= 4 is 23.5 Å². The molecule has 0 unspecified atom stereocenters. The molecule has 0 aliphatic carbocycles. The highest BCUT2D eigenvalue weighted by Gasteiger charge is 2.35. The van der Waals surface area contributed by atoms with Gasteiger partial charge in [-0.15, -0.1) is 0 Å². The number of amides is 1. The molecule has 0 radical (unpaired) electrons. The number of aromatic carboxylic acids is 1. The second-order valence-corrected chi connectivity index (χ2v) is 7.02. The third-order valence-electron chi connectivity index (χ3n) is 4.95. The van der Waals surface area contributed by atoms with Crippen LogP contribution in [0.25, 0.3) is 0 Å². The van der Waals surface area contributed by atoms with Crippen LogP contribution in [0.15, 0.2) is 42.5 Å². The lowest BCUT2D eigenvalue weighted by atomic mass is 9.74. The molecule has 27 heavy (non-hydrogen) atoms. The summed E-state index contributed by atoms with van der Waals surface area (Å²) < 4.78 is 19.6. The molecule has 2 aromatic rings. The Morgan fingerprint density at radius 1 is 1.15 bits per heavy atom. The number of carbonyl (C=O) groups excluding carboxylic acids is 1. The summed E-state index contributed by atoms with van der Waals surface area (Å²) >= 11 is 5.98. The monoisotopic (exact) mass is 391 g/mol. The van der Waals surface area contributed by atoms with Crippen LogP contribution in [0.1, 0.15) is 39.1 Å². The molecule has 1 aliphatic rings. The van der Waals surface area contributed by atoms with Crippen molar-refractivity contribution in [3.05, 3.63) is 70.0 Å². The fraction of sp³-hybridized carbons (Fsp3) is 0.300. The molecule has 2 N–H and O–H groups in total. The van der Waals surface area contributed by atoms with Gasteiger partial charge in [-0.1, -0.05) is 23.7 Å². The van der Waals surface area contributed by atoms with Gasteiger partial charge in [0, 0.05) is 30.2 Å². The Hall–Kier alpha value is -2.44. The van der Waals surface area contributed by atoms with Crippen molar-refractivity contribution in [2.45, 2.75) is 18.3 Å². The quantitative estimate of drug-likeness (QED) is 0.815. The van der Waals surface area contributed by atoms with E-state index in [1.165, 1.54) is 12.1 Å². The number of hydrogen-bond acceptors (Lipinski definition) is 3. The summed E-state index contributed by atoms with van der Waals surface area (Å²) in [5, 5.41) is 12.3. The summed E-state index contributed by atoms with van der Waals surface area (Å²) in [4.78, 5) is 23.4. The largest absolute Gasteiger partial charge is 0.478 e. The zero-order valence-corrected chi connectivity index (χ0v) is 15.3. The summed E-state index contributed by atoms with van der Waals surface area (Å²) in [5.74, 6) is -2.69. The summed E-state index contributed by atoms with van der Waals surface area (Å²) in [7, 11) is 0. The van der Waals surface area contributed by atoms with Crippen LogP contribution in [0, 0.1) is 5.82 Å². The second-order valence-electron chi connectivity index (χ2n) is 6.58. The van der Waals surface area contributed by atoms with E-state index in [0.29, 0.717) is 24.8 Å². The van der Waals surface area contributed by atoms with Crippen molar-refractivity contribution in [3.63, 3.8) is 0 Å². The Balaban J connectivity index is 1.78. The summed E-state index contributed by atoms with van der Waals surface area (Å²) in [6.45, 7) is 1.46. The molecule has 5 nitrogen and oxygen atoms in total. The lowest BCUT2D eigenvalue weighted by molar-refractivity contribution is 0.0487. The van der Waals surface area contributed by atoms with Gasteiger partial charge >= 0.3 is 5.97 Å². The molecule has 0 bridgehead atoms. The van der Waals surface area contributed by atoms with Crippen LogP contribution in [-0.4, -0.2) is 36.7 Å². The molecule has 1 amide bonds. The molecule has 1 fully saturated rings. The molecular weight excluding hydrogens is 373 g/mol. The molecule has 0 atom stereocenters. The van der Waals surface area contributed by atoms with Gasteiger partial charge < -0.3 is 15.2 Å². The van der Waals surface area contributed by atoms with E-state index in [1.54, 1.807) is 12.1 Å². The van der Waals surface area contributed by atoms with Crippen LogP contribution in [0.3, 0.4) is 0 Å². The maximum atomic E-state index is 14.1. The predicted octanol–water partition coefficient (Wildman–Crippen LogP) is 3.66. The average Bonchev–Trinajstić information content (AvgIpc) is 2.67. The van der Waals surface area contributed by atoms with E-state index in [-0.39, 0.29) is 16.5 Å². The maximum Gasteiger partial charge on any atom is 0.335 e. The van der Waals surface area contributed by atoms with E-state index in [1.807, 2.05) is 12.1 Å². The third kappa shape index (κ3) is 4.28. The van der Waals surface area contributed by atoms with Gasteiger partial charge in [-0.3, -0.25) is 4.79 Å². The van der Waals surface area contributed by atoms with Crippen molar-refractivity contribution in [1.29, 1.82) is 0 Å². The lowest BCUT2D eigenvalue weighted by Gasteiger charge is -2.38. The first-order chi connectivity index (χ1) is 12.9. The van der Waals surface area contributed by atoms with Crippen LogP contribution in [0.2, 0.25) is 5.02 Å². The first-order valence-corrected chi connectivity index (χ1v) is 8.94. The van der Waals surface area contributed by atoms with Crippen molar-refractivity contribution in [2.24, 2.45) is 0 Å². The molecule has 0 aromatic heterocycles. The average molecular weight is 392 g/mol. The van der Waals surface area contributed by atoms with Crippen LogP contribution in [0.5, 0.6) is 0 Å². The molecule has 3 rings (SSSR count). The molecule has 1 heterocycles. The van der Waals surface area contributed by atoms with Crippen LogP contribution < -0.4 is 5.32 Å². The number of nitrogens with one attached hydrogen (secondary N) is 1. The fourth-order valence-electron chi connectivity index (χ4n) is 3.31. The molecule has 142 valence electrons. The topological polar surface area (TPSA) is 75.6 Å². The summed E-state index contributed by atoms with van der Waals surface area (Å²) in [6, 6.07) is 10.7. The van der Waals surface area contributed by atoms with Gasteiger partial charge in [0.25, 0.3) is 5.91 Å². The zero-order valence-electron chi connectivity index (χ0n) is 14.5. The minimum Gasteiger partial charge on any atom is -0.478 e. The molecular formula is C20H19ClFNO4. The fourth-order valence-corrected chi connectivity index (χ4v) is 3.44. The van der Waals surface area contributed by atoms with Gasteiger partial charge in [-0.2, -0.15) is 0 Å². The molecule has 1 saturated heterocycles. The number of carboxylic acids is 1. The second kappa shape index (κ2) is 8.06. The van der Waals surface area contributed by atoms with Crippen molar-refractivity contribution in [3.8, 4) is 0 Å². The number of carboxylic acid groups (broad SMARTS) is 1. The van der Waals surface area contributed by atoms with Crippen molar-refractivity contribution < 1.29 is 23.8 Å². The number of hydrogen-bond donors (Lipinski definition) is 2. The third-order valence-corrected chi connectivity index (χ3v) is 5.21. The molecule has 1 aliphatic heterocycles. The van der Waals surface area contributed by atoms with E-state index < -0.39 is 17.7 Å². The molecule has 2 aromatic carbocycles. The minimum atomic E-state index is -1.25. The molecule has 7 heteroatoms. The van der Waals surface area contributed by atoms with Gasteiger partial charge in [-0.05, 0) is 48.7 Å². The Morgan fingerprint density at radius 3 is 2.41 bits per heavy atom. The Morgan fingerprint density at radius 2 is 1.81 bits per heavy atom. The zero-order chi connectivity index (χ0) is 19.4. The van der Waals surface area contributed by atoms with E-state index in [0.717, 1.165) is 24.5 Å². The normalized spacial score (nSPS) is 15.9. The Labute approximate surface area is 161 Å². The standard InChI is InChI=1S/C20H19ClFNO4/c21-15-4-2-14(3-5-15)20(7-9-27-10-8-20)12-23-18(24)16-6-1-13(19(25)26)11-17(16)22/h1-6,11H,7-10,12H2,(H,23,24)(H,25,26). The number of halogens is 2. The number of rotatable bonds is 5. The van der Waals surface area contributed by atoms with Crippen molar-refractivity contribution in [2.75, 3.05) is 19.8 Å². The number of benzene rings is 2. The highest BCUT2D eigenvalue weighted by molar-refractivity contribution is 6.30. The van der Waals surface area contributed by atoms with Gasteiger partial charge in [0.1, 0.15) is 5.82 Å². The highest BCUT2D eigenvalue weighted by atomic mass is 35.5.